The number of carbonyl (C=O) groups is 1. The van der Waals surface area contributed by atoms with E-state index in [1.807, 2.05) is 25.1 Å². The second kappa shape index (κ2) is 4.91. The van der Waals surface area contributed by atoms with Gasteiger partial charge in [0.2, 0.25) is 0 Å². The standard InChI is InChI=1S/C13H15N3O/c1-3-11-9-12(16(2)15-11)13(17)8-10-4-6-14-7-5-10/h4-7,9H,3,8H2,1-2H3. The van der Waals surface area contributed by atoms with Crippen LogP contribution in [0, 0.1) is 0 Å². The van der Waals surface area contributed by atoms with Crippen LogP contribution in [0.5, 0.6) is 0 Å². The zero-order chi connectivity index (χ0) is 12.3. The zero-order valence-electron chi connectivity index (χ0n) is 10.1. The van der Waals surface area contributed by atoms with Crippen molar-refractivity contribution in [2.45, 2.75) is 19.8 Å². The minimum atomic E-state index is 0.0888. The van der Waals surface area contributed by atoms with Gasteiger partial charge in [-0.3, -0.25) is 14.5 Å². The zero-order valence-corrected chi connectivity index (χ0v) is 10.1. The Kier molecular flexibility index (Phi) is 3.32. The van der Waals surface area contributed by atoms with Gasteiger partial charge in [0.05, 0.1) is 5.69 Å². The molecule has 0 bridgehead atoms. The molecule has 0 aromatic carbocycles. The van der Waals surface area contributed by atoms with Crippen molar-refractivity contribution in [2.24, 2.45) is 7.05 Å². The van der Waals surface area contributed by atoms with E-state index in [1.165, 1.54) is 0 Å². The Morgan fingerprint density at radius 3 is 2.65 bits per heavy atom. The molecule has 2 aromatic rings. The predicted molar refractivity (Wildman–Crippen MR) is 64.9 cm³/mol. The third kappa shape index (κ3) is 2.58. The number of pyridine rings is 1. The van der Waals surface area contributed by atoms with E-state index < -0.39 is 0 Å². The first-order valence-electron chi connectivity index (χ1n) is 5.65. The van der Waals surface area contributed by atoms with Crippen molar-refractivity contribution in [3.8, 4) is 0 Å². The Morgan fingerprint density at radius 1 is 1.35 bits per heavy atom. The summed E-state index contributed by atoms with van der Waals surface area (Å²) in [7, 11) is 1.80. The number of hydrogen-bond acceptors (Lipinski definition) is 3. The van der Waals surface area contributed by atoms with Crippen molar-refractivity contribution in [2.75, 3.05) is 0 Å². The summed E-state index contributed by atoms with van der Waals surface area (Å²) in [5.74, 6) is 0.0888. The first-order chi connectivity index (χ1) is 8.20. The molecular formula is C13H15N3O. The van der Waals surface area contributed by atoms with Crippen LogP contribution in [0.15, 0.2) is 30.6 Å². The van der Waals surface area contributed by atoms with Crippen molar-refractivity contribution in [3.63, 3.8) is 0 Å². The van der Waals surface area contributed by atoms with Gasteiger partial charge in [-0.25, -0.2) is 0 Å². The molecule has 0 N–H and O–H groups in total. The van der Waals surface area contributed by atoms with Gasteiger partial charge in [-0.15, -0.1) is 0 Å². The summed E-state index contributed by atoms with van der Waals surface area (Å²) in [4.78, 5) is 16.0. The molecule has 0 atom stereocenters. The molecule has 0 unspecified atom stereocenters. The molecule has 0 fully saturated rings. The van der Waals surface area contributed by atoms with E-state index in [0.29, 0.717) is 12.1 Å². The van der Waals surface area contributed by atoms with Crippen LogP contribution in [-0.4, -0.2) is 20.5 Å². The Bertz CT molecular complexity index is 517. The van der Waals surface area contributed by atoms with E-state index in [0.717, 1.165) is 17.7 Å². The third-order valence-corrected chi connectivity index (χ3v) is 2.69. The highest BCUT2D eigenvalue weighted by Gasteiger charge is 2.12. The van der Waals surface area contributed by atoms with Crippen molar-refractivity contribution in [1.82, 2.24) is 14.8 Å². The normalized spacial score (nSPS) is 10.5. The van der Waals surface area contributed by atoms with Gasteiger partial charge in [0, 0.05) is 25.9 Å². The Morgan fingerprint density at radius 2 is 2.06 bits per heavy atom. The first-order valence-corrected chi connectivity index (χ1v) is 5.65. The molecule has 0 saturated carbocycles. The lowest BCUT2D eigenvalue weighted by Gasteiger charge is -2.00. The average Bonchev–Trinajstić information content (AvgIpc) is 2.72. The molecule has 4 heteroatoms. The highest BCUT2D eigenvalue weighted by atomic mass is 16.1. The average molecular weight is 229 g/mol. The van der Waals surface area contributed by atoms with Gasteiger partial charge in [0.1, 0.15) is 5.69 Å². The smallest absolute Gasteiger partial charge is 0.185 e. The number of rotatable bonds is 4. The molecule has 2 heterocycles. The lowest BCUT2D eigenvalue weighted by molar-refractivity contribution is 0.0984. The van der Waals surface area contributed by atoms with E-state index in [2.05, 4.69) is 10.1 Å². The molecule has 88 valence electrons. The van der Waals surface area contributed by atoms with E-state index in [4.69, 9.17) is 0 Å². The minimum Gasteiger partial charge on any atom is -0.292 e. The van der Waals surface area contributed by atoms with Crippen LogP contribution < -0.4 is 0 Å². The molecule has 2 aromatic heterocycles. The van der Waals surface area contributed by atoms with Crippen molar-refractivity contribution >= 4 is 5.78 Å². The monoisotopic (exact) mass is 229 g/mol. The van der Waals surface area contributed by atoms with Crippen molar-refractivity contribution in [3.05, 3.63) is 47.5 Å². The summed E-state index contributed by atoms with van der Waals surface area (Å²) in [5, 5.41) is 4.28. The third-order valence-electron chi connectivity index (χ3n) is 2.69. The molecule has 0 radical (unpaired) electrons. The van der Waals surface area contributed by atoms with Gasteiger partial charge in [0.25, 0.3) is 0 Å². The van der Waals surface area contributed by atoms with E-state index in [-0.39, 0.29) is 5.78 Å². The molecule has 0 aliphatic rings. The van der Waals surface area contributed by atoms with Gasteiger partial charge >= 0.3 is 0 Å². The number of Topliss-reactive ketones (excluding diaryl/α,β-unsaturated/α-hetero) is 1. The second-order valence-corrected chi connectivity index (χ2v) is 3.95. The summed E-state index contributed by atoms with van der Waals surface area (Å²) in [6.45, 7) is 2.03. The van der Waals surface area contributed by atoms with E-state index in [9.17, 15) is 4.79 Å². The highest BCUT2D eigenvalue weighted by molar-refractivity contribution is 5.96. The number of carbonyl (C=O) groups excluding carboxylic acids is 1. The van der Waals surface area contributed by atoms with Crippen molar-refractivity contribution < 1.29 is 4.79 Å². The Labute approximate surface area is 100 Å². The summed E-state index contributed by atoms with van der Waals surface area (Å²) >= 11 is 0. The molecular weight excluding hydrogens is 214 g/mol. The number of hydrogen-bond donors (Lipinski definition) is 0. The maximum Gasteiger partial charge on any atom is 0.185 e. The van der Waals surface area contributed by atoms with Crippen LogP contribution in [0.4, 0.5) is 0 Å². The fourth-order valence-electron chi connectivity index (χ4n) is 1.74. The quantitative estimate of drug-likeness (QED) is 0.751. The van der Waals surface area contributed by atoms with Crippen LogP contribution in [0.3, 0.4) is 0 Å². The maximum absolute atomic E-state index is 12.1. The molecule has 0 aliphatic carbocycles. The number of ketones is 1. The van der Waals surface area contributed by atoms with Crippen LogP contribution >= 0.6 is 0 Å². The topological polar surface area (TPSA) is 47.8 Å². The fourth-order valence-corrected chi connectivity index (χ4v) is 1.74. The minimum absolute atomic E-state index is 0.0888. The van der Waals surface area contributed by atoms with E-state index >= 15 is 0 Å². The van der Waals surface area contributed by atoms with Crippen molar-refractivity contribution in [1.29, 1.82) is 0 Å². The molecule has 2 rings (SSSR count). The predicted octanol–water partition coefficient (Wildman–Crippen LogP) is 1.80. The van der Waals surface area contributed by atoms with Gasteiger partial charge in [-0.1, -0.05) is 6.92 Å². The van der Waals surface area contributed by atoms with Gasteiger partial charge in [-0.05, 0) is 30.2 Å². The highest BCUT2D eigenvalue weighted by Crippen LogP contribution is 2.08. The summed E-state index contributed by atoms with van der Waals surface area (Å²) in [5.41, 5.74) is 2.59. The van der Waals surface area contributed by atoms with Crippen LogP contribution in [0.1, 0.15) is 28.7 Å². The molecule has 0 aliphatic heterocycles. The van der Waals surface area contributed by atoms with Gasteiger partial charge in [-0.2, -0.15) is 5.10 Å². The van der Waals surface area contributed by atoms with E-state index in [1.54, 1.807) is 24.1 Å². The summed E-state index contributed by atoms with van der Waals surface area (Å²) < 4.78 is 1.66. The second-order valence-electron chi connectivity index (χ2n) is 3.95. The molecule has 0 amide bonds. The van der Waals surface area contributed by atoms with Crippen LogP contribution in [0.2, 0.25) is 0 Å². The van der Waals surface area contributed by atoms with Crippen LogP contribution in [-0.2, 0) is 19.9 Å². The SMILES string of the molecule is CCc1cc(C(=O)Cc2ccncc2)n(C)n1. The lowest BCUT2D eigenvalue weighted by atomic mass is 10.1. The first kappa shape index (κ1) is 11.5. The van der Waals surface area contributed by atoms with Gasteiger partial charge in [0.15, 0.2) is 5.78 Å². The number of aromatic nitrogens is 3. The molecule has 0 saturated heterocycles. The lowest BCUT2D eigenvalue weighted by Crippen LogP contribution is -2.09. The Hall–Kier alpha value is -1.97. The molecule has 4 nitrogen and oxygen atoms in total. The largest absolute Gasteiger partial charge is 0.292 e. The molecule has 17 heavy (non-hydrogen) atoms. The molecule has 0 spiro atoms. The maximum atomic E-state index is 12.1. The number of nitrogens with zero attached hydrogens (tertiary/aromatic N) is 3. The fraction of sp³-hybridized carbons (Fsp3) is 0.308. The number of aryl methyl sites for hydroxylation is 2. The van der Waals surface area contributed by atoms with Crippen LogP contribution in [0.25, 0.3) is 0 Å². The van der Waals surface area contributed by atoms with Gasteiger partial charge < -0.3 is 0 Å². The Balaban J connectivity index is 2.17. The summed E-state index contributed by atoms with van der Waals surface area (Å²) in [6.07, 6.45) is 4.63. The summed E-state index contributed by atoms with van der Waals surface area (Å²) in [6, 6.07) is 5.58.